The number of nitrogens with one attached hydrogen (secondary N) is 3. The maximum absolute atomic E-state index is 11.9. The maximum atomic E-state index is 11.9. The van der Waals surface area contributed by atoms with E-state index in [0.717, 1.165) is 24.9 Å². The number of anilines is 1. The zero-order valence-corrected chi connectivity index (χ0v) is 13.7. The molecule has 1 atom stereocenters. The molecule has 1 aromatic carbocycles. The molecule has 5 nitrogen and oxygen atoms in total. The monoisotopic (exact) mass is 333 g/mol. The fraction of sp³-hybridized carbons (Fsp3) is 0.500. The van der Waals surface area contributed by atoms with Gasteiger partial charge in [-0.1, -0.05) is 11.6 Å². The molecule has 118 valence electrons. The lowest BCUT2D eigenvalue weighted by atomic mass is 10.2. The highest BCUT2D eigenvalue weighted by Crippen LogP contribution is 2.30. The summed E-state index contributed by atoms with van der Waals surface area (Å²) in [6, 6.07) is 3.63. The third kappa shape index (κ3) is 4.95. The third-order valence-corrected chi connectivity index (χ3v) is 3.81. The number of halogens is 2. The highest BCUT2D eigenvalue weighted by Gasteiger charge is 2.15. The van der Waals surface area contributed by atoms with Gasteiger partial charge < -0.3 is 20.7 Å². The van der Waals surface area contributed by atoms with E-state index in [1.807, 2.05) is 6.92 Å². The lowest BCUT2D eigenvalue weighted by molar-refractivity contribution is 0.251. The molecule has 1 aromatic rings. The van der Waals surface area contributed by atoms with Crippen LogP contribution in [0.4, 0.5) is 10.5 Å². The summed E-state index contributed by atoms with van der Waals surface area (Å²) in [5.41, 5.74) is 1.51. The first-order valence-electron chi connectivity index (χ1n) is 6.72. The Kier molecular flexibility index (Phi) is 7.08. The molecule has 1 saturated heterocycles. The van der Waals surface area contributed by atoms with E-state index in [1.54, 1.807) is 19.2 Å². The summed E-state index contributed by atoms with van der Waals surface area (Å²) in [7, 11) is 1.55. The molecule has 1 aliphatic rings. The van der Waals surface area contributed by atoms with Crippen LogP contribution in [-0.2, 0) is 0 Å². The van der Waals surface area contributed by atoms with E-state index >= 15 is 0 Å². The second kappa shape index (κ2) is 8.32. The fourth-order valence-electron chi connectivity index (χ4n) is 2.24. The lowest BCUT2D eigenvalue weighted by Crippen LogP contribution is -2.39. The number of urea groups is 1. The third-order valence-electron chi connectivity index (χ3n) is 3.40. The van der Waals surface area contributed by atoms with Crippen molar-refractivity contribution in [2.24, 2.45) is 0 Å². The zero-order valence-electron chi connectivity index (χ0n) is 12.2. The van der Waals surface area contributed by atoms with Gasteiger partial charge in [-0.3, -0.25) is 0 Å². The number of hydrogen-bond acceptors (Lipinski definition) is 3. The Morgan fingerprint density at radius 2 is 2.29 bits per heavy atom. The van der Waals surface area contributed by atoms with Crippen LogP contribution in [0.1, 0.15) is 18.4 Å². The van der Waals surface area contributed by atoms with Gasteiger partial charge in [0.25, 0.3) is 0 Å². The van der Waals surface area contributed by atoms with Crippen molar-refractivity contribution in [1.82, 2.24) is 10.6 Å². The lowest BCUT2D eigenvalue weighted by Gasteiger charge is -2.15. The van der Waals surface area contributed by atoms with Gasteiger partial charge in [0.1, 0.15) is 5.75 Å². The summed E-state index contributed by atoms with van der Waals surface area (Å²) in [5, 5.41) is 9.59. The Bertz CT molecular complexity index is 491. The van der Waals surface area contributed by atoms with Crippen molar-refractivity contribution in [1.29, 1.82) is 0 Å². The number of rotatable bonds is 4. The number of carbonyl (C=O) groups is 1. The molecule has 0 radical (unpaired) electrons. The largest absolute Gasteiger partial charge is 0.495 e. The number of carbonyl (C=O) groups excluding carboxylic acids is 1. The number of amides is 2. The minimum atomic E-state index is -0.237. The molecule has 0 aromatic heterocycles. The van der Waals surface area contributed by atoms with Crippen molar-refractivity contribution < 1.29 is 9.53 Å². The standard InChI is InChI=1S/C14H20ClN3O2.ClH/c1-9-6-12(13(20-2)7-11(9)15)18-14(19)17-8-10-4-3-5-16-10;/h6-7,10,16H,3-5,8H2,1-2H3,(H2,17,18,19);1H/t10-;/m0./s1. The molecule has 3 N–H and O–H groups in total. The topological polar surface area (TPSA) is 62.4 Å². The molecule has 0 unspecified atom stereocenters. The molecule has 0 spiro atoms. The minimum Gasteiger partial charge on any atom is -0.495 e. The Morgan fingerprint density at radius 1 is 1.52 bits per heavy atom. The summed E-state index contributed by atoms with van der Waals surface area (Å²) >= 11 is 6.03. The first kappa shape index (κ1) is 17.9. The van der Waals surface area contributed by atoms with Gasteiger partial charge in [0.15, 0.2) is 0 Å². The van der Waals surface area contributed by atoms with Crippen molar-refractivity contribution in [3.05, 3.63) is 22.7 Å². The molecule has 2 amide bonds. The Balaban J connectivity index is 0.00000220. The average molecular weight is 334 g/mol. The fourth-order valence-corrected chi connectivity index (χ4v) is 2.40. The highest BCUT2D eigenvalue weighted by atomic mass is 35.5. The van der Waals surface area contributed by atoms with Crippen LogP contribution < -0.4 is 20.7 Å². The maximum Gasteiger partial charge on any atom is 0.319 e. The summed E-state index contributed by atoms with van der Waals surface area (Å²) < 4.78 is 5.22. The van der Waals surface area contributed by atoms with E-state index in [0.29, 0.717) is 29.0 Å². The highest BCUT2D eigenvalue weighted by molar-refractivity contribution is 6.31. The number of ether oxygens (including phenoxy) is 1. The van der Waals surface area contributed by atoms with E-state index in [2.05, 4.69) is 16.0 Å². The molecule has 21 heavy (non-hydrogen) atoms. The van der Waals surface area contributed by atoms with Gasteiger partial charge in [-0.2, -0.15) is 0 Å². The first-order valence-corrected chi connectivity index (χ1v) is 7.10. The van der Waals surface area contributed by atoms with Gasteiger partial charge in [0.2, 0.25) is 0 Å². The Morgan fingerprint density at radius 3 is 2.90 bits per heavy atom. The summed E-state index contributed by atoms with van der Waals surface area (Å²) in [4.78, 5) is 11.9. The van der Waals surface area contributed by atoms with Crippen LogP contribution in [0, 0.1) is 6.92 Å². The van der Waals surface area contributed by atoms with E-state index < -0.39 is 0 Å². The van der Waals surface area contributed by atoms with Gasteiger partial charge in [0.05, 0.1) is 12.8 Å². The summed E-state index contributed by atoms with van der Waals surface area (Å²) in [5.74, 6) is 0.551. The second-order valence-corrected chi connectivity index (χ2v) is 5.34. The van der Waals surface area contributed by atoms with Gasteiger partial charge in [-0.05, 0) is 37.9 Å². The summed E-state index contributed by atoms with van der Waals surface area (Å²) in [6.45, 7) is 3.53. The quantitative estimate of drug-likeness (QED) is 0.793. The van der Waals surface area contributed by atoms with Crippen molar-refractivity contribution in [3.63, 3.8) is 0 Å². The van der Waals surface area contributed by atoms with E-state index in [-0.39, 0.29) is 18.4 Å². The Labute approximate surface area is 136 Å². The van der Waals surface area contributed by atoms with E-state index in [4.69, 9.17) is 16.3 Å². The predicted octanol–water partition coefficient (Wildman–Crippen LogP) is 2.95. The van der Waals surface area contributed by atoms with Gasteiger partial charge in [0, 0.05) is 23.7 Å². The van der Waals surface area contributed by atoms with E-state index in [1.165, 1.54) is 0 Å². The minimum absolute atomic E-state index is 0. The van der Waals surface area contributed by atoms with Crippen LogP contribution in [0.25, 0.3) is 0 Å². The first-order chi connectivity index (χ1) is 9.60. The number of benzene rings is 1. The predicted molar refractivity (Wildman–Crippen MR) is 88.0 cm³/mol. The van der Waals surface area contributed by atoms with Crippen LogP contribution in [0.5, 0.6) is 5.75 Å². The van der Waals surface area contributed by atoms with Gasteiger partial charge in [-0.25, -0.2) is 4.79 Å². The normalized spacial score (nSPS) is 17.0. The number of hydrogen-bond donors (Lipinski definition) is 3. The van der Waals surface area contributed by atoms with Gasteiger partial charge >= 0.3 is 6.03 Å². The average Bonchev–Trinajstić information content (AvgIpc) is 2.93. The summed E-state index contributed by atoms with van der Waals surface area (Å²) in [6.07, 6.45) is 2.27. The van der Waals surface area contributed by atoms with Gasteiger partial charge in [-0.15, -0.1) is 12.4 Å². The van der Waals surface area contributed by atoms with Crippen LogP contribution in [0.2, 0.25) is 5.02 Å². The van der Waals surface area contributed by atoms with Crippen LogP contribution >= 0.6 is 24.0 Å². The SMILES string of the molecule is COc1cc(Cl)c(C)cc1NC(=O)NC[C@@H]1CCCN1.Cl. The molecule has 2 rings (SSSR count). The zero-order chi connectivity index (χ0) is 14.5. The number of aryl methyl sites for hydroxylation is 1. The number of methoxy groups -OCH3 is 1. The molecule has 0 bridgehead atoms. The molecule has 1 aliphatic heterocycles. The molecule has 1 heterocycles. The van der Waals surface area contributed by atoms with Crippen LogP contribution in [-0.4, -0.2) is 32.3 Å². The van der Waals surface area contributed by atoms with Crippen LogP contribution in [0.3, 0.4) is 0 Å². The molecule has 0 saturated carbocycles. The second-order valence-electron chi connectivity index (χ2n) is 4.93. The van der Waals surface area contributed by atoms with Crippen LogP contribution in [0.15, 0.2) is 12.1 Å². The molecule has 1 fully saturated rings. The molecule has 0 aliphatic carbocycles. The Hall–Kier alpha value is -1.17. The molecule has 7 heteroatoms. The van der Waals surface area contributed by atoms with Crippen molar-refractivity contribution in [3.8, 4) is 5.75 Å². The van der Waals surface area contributed by atoms with E-state index in [9.17, 15) is 4.79 Å². The molecular formula is C14H21Cl2N3O2. The van der Waals surface area contributed by atoms with Crippen molar-refractivity contribution in [2.45, 2.75) is 25.8 Å². The van der Waals surface area contributed by atoms with Crippen molar-refractivity contribution in [2.75, 3.05) is 25.5 Å². The van der Waals surface area contributed by atoms with Crippen molar-refractivity contribution >= 4 is 35.7 Å². The molecular weight excluding hydrogens is 313 g/mol. The smallest absolute Gasteiger partial charge is 0.319 e.